The highest BCUT2D eigenvalue weighted by Crippen LogP contribution is 2.49. The van der Waals surface area contributed by atoms with E-state index in [1.807, 2.05) is 6.92 Å². The van der Waals surface area contributed by atoms with Gasteiger partial charge < -0.3 is 15.5 Å². The standard InChI is InChI=1S/C13H16N4O/c1-8-16-10-12(18-8)17-11(15)9(7-14)13(10)5-3-2-4-6-13/h17H,2-6,15H2,1H3. The van der Waals surface area contributed by atoms with Crippen LogP contribution in [0, 0.1) is 18.3 Å². The quantitative estimate of drug-likeness (QED) is 0.731. The van der Waals surface area contributed by atoms with Gasteiger partial charge in [0.2, 0.25) is 5.88 Å². The molecule has 1 aliphatic carbocycles. The van der Waals surface area contributed by atoms with Gasteiger partial charge in [0.05, 0.1) is 17.1 Å². The van der Waals surface area contributed by atoms with Crippen LogP contribution in [0.5, 0.6) is 0 Å². The molecule has 3 N–H and O–H groups in total. The molecule has 94 valence electrons. The summed E-state index contributed by atoms with van der Waals surface area (Å²) in [6.07, 6.45) is 5.27. The lowest BCUT2D eigenvalue weighted by atomic mass is 9.66. The topological polar surface area (TPSA) is 87.9 Å². The van der Waals surface area contributed by atoms with E-state index >= 15 is 0 Å². The number of anilines is 1. The number of oxazole rings is 1. The van der Waals surface area contributed by atoms with Crippen LogP contribution in [-0.2, 0) is 5.41 Å². The number of fused-ring (bicyclic) bond motifs is 2. The van der Waals surface area contributed by atoms with Crippen LogP contribution in [0.25, 0.3) is 0 Å². The van der Waals surface area contributed by atoms with Crippen molar-refractivity contribution in [2.45, 2.75) is 44.4 Å². The second-order valence-electron chi connectivity index (χ2n) is 5.08. The molecule has 5 nitrogen and oxygen atoms in total. The molecule has 1 aliphatic heterocycles. The van der Waals surface area contributed by atoms with Crippen molar-refractivity contribution in [1.29, 1.82) is 5.26 Å². The van der Waals surface area contributed by atoms with E-state index < -0.39 is 0 Å². The van der Waals surface area contributed by atoms with Gasteiger partial charge in [-0.1, -0.05) is 19.3 Å². The summed E-state index contributed by atoms with van der Waals surface area (Å²) < 4.78 is 5.55. The lowest BCUT2D eigenvalue weighted by Crippen LogP contribution is -2.38. The lowest BCUT2D eigenvalue weighted by Gasteiger charge is -2.38. The second kappa shape index (κ2) is 3.77. The molecule has 1 spiro atoms. The van der Waals surface area contributed by atoms with Gasteiger partial charge in [-0.3, -0.25) is 0 Å². The van der Waals surface area contributed by atoms with E-state index in [-0.39, 0.29) is 5.41 Å². The third-order valence-corrected chi connectivity index (χ3v) is 4.00. The number of aryl methyl sites for hydroxylation is 1. The predicted octanol–water partition coefficient (Wildman–Crippen LogP) is 2.30. The Bertz CT molecular complexity index is 558. The SMILES string of the molecule is Cc1nc2c(o1)NC(N)=C(C#N)C21CCCCC1. The number of hydrogen-bond donors (Lipinski definition) is 2. The van der Waals surface area contributed by atoms with Crippen molar-refractivity contribution in [3.8, 4) is 6.07 Å². The molecule has 0 radical (unpaired) electrons. The zero-order valence-corrected chi connectivity index (χ0v) is 10.4. The Morgan fingerprint density at radius 1 is 1.39 bits per heavy atom. The maximum atomic E-state index is 9.43. The number of nitriles is 1. The average molecular weight is 244 g/mol. The number of aromatic nitrogens is 1. The molecule has 1 aromatic heterocycles. The van der Waals surface area contributed by atoms with E-state index in [1.165, 1.54) is 6.42 Å². The molecule has 2 heterocycles. The van der Waals surface area contributed by atoms with Gasteiger partial charge >= 0.3 is 0 Å². The number of nitrogens with two attached hydrogens (primary N) is 1. The number of rotatable bonds is 0. The van der Waals surface area contributed by atoms with Gasteiger partial charge in [-0.2, -0.15) is 5.26 Å². The third-order valence-electron chi connectivity index (χ3n) is 4.00. The van der Waals surface area contributed by atoms with Crippen molar-refractivity contribution in [3.05, 3.63) is 23.0 Å². The van der Waals surface area contributed by atoms with Crippen molar-refractivity contribution in [3.63, 3.8) is 0 Å². The molecule has 3 rings (SSSR count). The summed E-state index contributed by atoms with van der Waals surface area (Å²) in [5.74, 6) is 1.65. The number of allylic oxidation sites excluding steroid dienone is 1. The molecular formula is C13H16N4O. The molecule has 5 heteroatoms. The predicted molar refractivity (Wildman–Crippen MR) is 66.5 cm³/mol. The van der Waals surface area contributed by atoms with E-state index in [2.05, 4.69) is 16.4 Å². The molecule has 2 aliphatic rings. The zero-order valence-electron chi connectivity index (χ0n) is 10.4. The number of nitrogens with zero attached hydrogens (tertiary/aromatic N) is 2. The molecule has 0 aromatic carbocycles. The smallest absolute Gasteiger partial charge is 0.223 e. The van der Waals surface area contributed by atoms with E-state index in [0.717, 1.165) is 31.4 Å². The van der Waals surface area contributed by atoms with Crippen LogP contribution >= 0.6 is 0 Å². The van der Waals surface area contributed by atoms with Crippen molar-refractivity contribution >= 4 is 5.88 Å². The Morgan fingerprint density at radius 2 is 2.11 bits per heavy atom. The van der Waals surface area contributed by atoms with Gasteiger partial charge in [0.25, 0.3) is 0 Å². The van der Waals surface area contributed by atoms with Crippen LogP contribution in [0.4, 0.5) is 5.88 Å². The van der Waals surface area contributed by atoms with Crippen LogP contribution in [0.15, 0.2) is 15.8 Å². The maximum absolute atomic E-state index is 9.43. The largest absolute Gasteiger partial charge is 0.425 e. The molecular weight excluding hydrogens is 228 g/mol. The monoisotopic (exact) mass is 244 g/mol. The lowest BCUT2D eigenvalue weighted by molar-refractivity contribution is 0.334. The van der Waals surface area contributed by atoms with E-state index in [4.69, 9.17) is 10.2 Å². The minimum absolute atomic E-state index is 0.324. The molecule has 0 unspecified atom stereocenters. The van der Waals surface area contributed by atoms with Crippen molar-refractivity contribution < 1.29 is 4.42 Å². The summed E-state index contributed by atoms with van der Waals surface area (Å²) in [6.45, 7) is 1.82. The average Bonchev–Trinajstić information content (AvgIpc) is 2.72. The van der Waals surface area contributed by atoms with Gasteiger partial charge in [-0.15, -0.1) is 0 Å². The summed E-state index contributed by atoms with van der Waals surface area (Å²) >= 11 is 0. The first-order chi connectivity index (χ1) is 8.67. The molecule has 0 atom stereocenters. The first-order valence-electron chi connectivity index (χ1n) is 6.32. The molecule has 0 saturated heterocycles. The van der Waals surface area contributed by atoms with Crippen molar-refractivity contribution in [2.24, 2.45) is 5.73 Å². The van der Waals surface area contributed by atoms with Crippen LogP contribution < -0.4 is 11.1 Å². The Balaban J connectivity index is 2.21. The fourth-order valence-corrected chi connectivity index (χ4v) is 3.21. The molecule has 18 heavy (non-hydrogen) atoms. The van der Waals surface area contributed by atoms with Crippen LogP contribution in [0.3, 0.4) is 0 Å². The fourth-order valence-electron chi connectivity index (χ4n) is 3.21. The van der Waals surface area contributed by atoms with Crippen molar-refractivity contribution in [1.82, 2.24) is 4.98 Å². The number of hydrogen-bond acceptors (Lipinski definition) is 5. The Kier molecular flexibility index (Phi) is 2.34. The van der Waals surface area contributed by atoms with Gasteiger partial charge in [-0.05, 0) is 12.8 Å². The molecule has 1 saturated carbocycles. The number of nitrogens with one attached hydrogen (secondary N) is 1. The maximum Gasteiger partial charge on any atom is 0.223 e. The van der Waals surface area contributed by atoms with Gasteiger partial charge in [0.15, 0.2) is 5.89 Å². The van der Waals surface area contributed by atoms with Gasteiger partial charge in [-0.25, -0.2) is 4.98 Å². The third kappa shape index (κ3) is 1.35. The summed E-state index contributed by atoms with van der Waals surface area (Å²) in [7, 11) is 0. The summed E-state index contributed by atoms with van der Waals surface area (Å²) in [6, 6.07) is 2.27. The van der Waals surface area contributed by atoms with Crippen LogP contribution in [-0.4, -0.2) is 4.98 Å². The van der Waals surface area contributed by atoms with Crippen LogP contribution in [0.2, 0.25) is 0 Å². The highest BCUT2D eigenvalue weighted by molar-refractivity contribution is 5.60. The normalized spacial score (nSPS) is 21.3. The fraction of sp³-hybridized carbons (Fsp3) is 0.538. The Hall–Kier alpha value is -1.96. The van der Waals surface area contributed by atoms with E-state index in [0.29, 0.717) is 23.2 Å². The van der Waals surface area contributed by atoms with E-state index in [9.17, 15) is 5.26 Å². The van der Waals surface area contributed by atoms with Gasteiger partial charge in [0.1, 0.15) is 11.5 Å². The highest BCUT2D eigenvalue weighted by Gasteiger charge is 2.46. The Morgan fingerprint density at radius 3 is 2.78 bits per heavy atom. The minimum atomic E-state index is -0.324. The molecule has 0 bridgehead atoms. The zero-order chi connectivity index (χ0) is 12.8. The van der Waals surface area contributed by atoms with Gasteiger partial charge in [0, 0.05) is 6.92 Å². The first kappa shape index (κ1) is 11.1. The highest BCUT2D eigenvalue weighted by atomic mass is 16.4. The summed E-state index contributed by atoms with van der Waals surface area (Å²) in [5.41, 5.74) is 7.15. The Labute approximate surface area is 106 Å². The minimum Gasteiger partial charge on any atom is -0.425 e. The summed E-state index contributed by atoms with van der Waals surface area (Å²) in [5, 5.41) is 12.4. The van der Waals surface area contributed by atoms with Crippen molar-refractivity contribution in [2.75, 3.05) is 5.32 Å². The van der Waals surface area contributed by atoms with Crippen LogP contribution in [0.1, 0.15) is 43.7 Å². The van der Waals surface area contributed by atoms with E-state index in [1.54, 1.807) is 0 Å². The second-order valence-corrected chi connectivity index (χ2v) is 5.08. The molecule has 1 aromatic rings. The molecule has 0 amide bonds. The first-order valence-corrected chi connectivity index (χ1v) is 6.32. The molecule has 1 fully saturated rings. The summed E-state index contributed by atoms with van der Waals surface area (Å²) in [4.78, 5) is 4.49.